The topological polar surface area (TPSA) is 84.7 Å². The Balaban J connectivity index is 0.00000338. The van der Waals surface area contributed by atoms with Crippen molar-refractivity contribution < 1.29 is 23.1 Å². The van der Waals surface area contributed by atoms with Crippen LogP contribution in [0.2, 0.25) is 0 Å². The van der Waals surface area contributed by atoms with Gasteiger partial charge < -0.3 is 20.7 Å². The number of aryl methyl sites for hydroxylation is 1. The zero-order valence-corrected chi connectivity index (χ0v) is 15.5. The number of carbonyl (C=O) groups is 2. The van der Waals surface area contributed by atoms with Gasteiger partial charge in [0.25, 0.3) is 0 Å². The van der Waals surface area contributed by atoms with E-state index in [4.69, 9.17) is 5.73 Å². The Hall–Kier alpha value is -1.93. The summed E-state index contributed by atoms with van der Waals surface area (Å²) in [5.74, 6) is -0.604. The van der Waals surface area contributed by atoms with Crippen molar-refractivity contribution in [3.8, 4) is 5.75 Å². The van der Waals surface area contributed by atoms with Gasteiger partial charge in [0.1, 0.15) is 5.75 Å². The number of alkyl halides is 2. The average molecular weight is 392 g/mol. The van der Waals surface area contributed by atoms with E-state index >= 15 is 0 Å². The second-order valence-electron chi connectivity index (χ2n) is 6.31. The number of benzene rings is 1. The minimum atomic E-state index is -2.89. The number of ether oxygens (including phenoxy) is 1. The Kier molecular flexibility index (Phi) is 8.23. The lowest BCUT2D eigenvalue weighted by Gasteiger charge is -2.30. The van der Waals surface area contributed by atoms with Crippen molar-refractivity contribution in [3.05, 3.63) is 23.8 Å². The molecule has 1 heterocycles. The molecule has 0 fully saturated rings. The van der Waals surface area contributed by atoms with E-state index in [0.29, 0.717) is 25.1 Å². The molecule has 0 unspecified atom stereocenters. The molecule has 146 valence electrons. The van der Waals surface area contributed by atoms with E-state index in [0.717, 1.165) is 5.56 Å². The highest BCUT2D eigenvalue weighted by Gasteiger charge is 2.24. The van der Waals surface area contributed by atoms with Gasteiger partial charge in [0.15, 0.2) is 0 Å². The molecular weight excluding hydrogens is 368 g/mol. The van der Waals surface area contributed by atoms with Crippen molar-refractivity contribution in [2.75, 3.05) is 18.0 Å². The summed E-state index contributed by atoms with van der Waals surface area (Å²) in [6, 6.07) is 3.85. The van der Waals surface area contributed by atoms with Gasteiger partial charge >= 0.3 is 6.61 Å². The van der Waals surface area contributed by atoms with Gasteiger partial charge in [-0.3, -0.25) is 9.59 Å². The lowest BCUT2D eigenvalue weighted by Crippen LogP contribution is -2.48. The summed E-state index contributed by atoms with van der Waals surface area (Å²) in [4.78, 5) is 25.9. The van der Waals surface area contributed by atoms with Crippen LogP contribution in [0.5, 0.6) is 5.75 Å². The number of halogens is 3. The summed E-state index contributed by atoms with van der Waals surface area (Å²) in [5, 5.41) is 2.55. The molecule has 0 aliphatic carbocycles. The SMILES string of the molecule is CC(C)[C@H](N)C(=O)NCC(=O)N1CCCc2cc(OC(F)F)ccc21.Cl. The molecular formula is C17H24ClF2N3O3. The number of nitrogens with one attached hydrogen (secondary N) is 1. The summed E-state index contributed by atoms with van der Waals surface area (Å²) in [5.41, 5.74) is 7.17. The number of nitrogens with zero attached hydrogens (tertiary/aromatic N) is 1. The molecule has 1 aromatic carbocycles. The van der Waals surface area contributed by atoms with Gasteiger partial charge in [-0.1, -0.05) is 13.8 Å². The van der Waals surface area contributed by atoms with Crippen molar-refractivity contribution in [2.24, 2.45) is 11.7 Å². The predicted octanol–water partition coefficient (Wildman–Crippen LogP) is 2.09. The molecule has 26 heavy (non-hydrogen) atoms. The van der Waals surface area contributed by atoms with Gasteiger partial charge in [0.2, 0.25) is 11.8 Å². The summed E-state index contributed by atoms with van der Waals surface area (Å²) < 4.78 is 29.0. The Labute approximate surface area is 157 Å². The second kappa shape index (κ2) is 9.68. The van der Waals surface area contributed by atoms with Crippen LogP contribution in [-0.2, 0) is 16.0 Å². The molecule has 1 aliphatic heterocycles. The number of nitrogens with two attached hydrogens (primary N) is 1. The molecule has 0 spiro atoms. The fourth-order valence-electron chi connectivity index (χ4n) is 2.69. The number of hydrogen-bond acceptors (Lipinski definition) is 4. The van der Waals surface area contributed by atoms with Gasteiger partial charge in [-0.15, -0.1) is 12.4 Å². The number of carbonyl (C=O) groups excluding carboxylic acids is 2. The summed E-state index contributed by atoms with van der Waals surface area (Å²) in [6.45, 7) is 1.11. The van der Waals surface area contributed by atoms with E-state index in [1.165, 1.54) is 12.1 Å². The number of fused-ring (bicyclic) bond motifs is 1. The molecule has 0 saturated heterocycles. The number of hydrogen-bond donors (Lipinski definition) is 2. The minimum Gasteiger partial charge on any atom is -0.435 e. The first-order valence-corrected chi connectivity index (χ1v) is 8.21. The Morgan fingerprint density at radius 3 is 2.65 bits per heavy atom. The molecule has 1 aromatic rings. The quantitative estimate of drug-likeness (QED) is 0.777. The van der Waals surface area contributed by atoms with E-state index < -0.39 is 12.7 Å². The Bertz CT molecular complexity index is 644. The molecule has 9 heteroatoms. The van der Waals surface area contributed by atoms with Crippen LogP contribution >= 0.6 is 12.4 Å². The zero-order chi connectivity index (χ0) is 18.6. The van der Waals surface area contributed by atoms with E-state index in [9.17, 15) is 18.4 Å². The van der Waals surface area contributed by atoms with Crippen LogP contribution in [0.25, 0.3) is 0 Å². The van der Waals surface area contributed by atoms with Crippen LogP contribution < -0.4 is 20.7 Å². The maximum atomic E-state index is 12.4. The Morgan fingerprint density at radius 2 is 2.04 bits per heavy atom. The lowest BCUT2D eigenvalue weighted by atomic mass is 10.0. The maximum Gasteiger partial charge on any atom is 0.387 e. The smallest absolute Gasteiger partial charge is 0.387 e. The first kappa shape index (κ1) is 22.1. The molecule has 0 aromatic heterocycles. The summed E-state index contributed by atoms with van der Waals surface area (Å²) in [7, 11) is 0. The highest BCUT2D eigenvalue weighted by atomic mass is 35.5. The molecule has 3 N–H and O–H groups in total. The standard InChI is InChI=1S/C17H23F2N3O3.ClH/c1-10(2)15(20)16(24)21-9-14(23)22-7-3-4-11-8-12(25-17(18)19)5-6-13(11)22;/h5-6,8,10,15,17H,3-4,7,9,20H2,1-2H3,(H,21,24);1H/t15-;/m0./s1. The monoisotopic (exact) mass is 391 g/mol. The second-order valence-corrected chi connectivity index (χ2v) is 6.31. The van der Waals surface area contributed by atoms with Gasteiger partial charge in [-0.25, -0.2) is 0 Å². The number of amides is 2. The van der Waals surface area contributed by atoms with Crippen LogP contribution in [-0.4, -0.2) is 37.6 Å². The average Bonchev–Trinajstić information content (AvgIpc) is 2.57. The molecule has 0 saturated carbocycles. The molecule has 1 atom stereocenters. The normalized spacial score (nSPS) is 14.5. The van der Waals surface area contributed by atoms with Crippen LogP contribution in [0.15, 0.2) is 18.2 Å². The van der Waals surface area contributed by atoms with Crippen LogP contribution in [0, 0.1) is 5.92 Å². The van der Waals surface area contributed by atoms with E-state index in [1.54, 1.807) is 11.0 Å². The molecule has 0 radical (unpaired) electrons. The molecule has 2 rings (SSSR count). The van der Waals surface area contributed by atoms with Crippen LogP contribution in [0.4, 0.5) is 14.5 Å². The third-order valence-electron chi connectivity index (χ3n) is 4.13. The maximum absolute atomic E-state index is 12.4. The van der Waals surface area contributed by atoms with Gasteiger partial charge in [-0.05, 0) is 42.5 Å². The zero-order valence-electron chi connectivity index (χ0n) is 14.7. The van der Waals surface area contributed by atoms with Crippen molar-refractivity contribution in [3.63, 3.8) is 0 Å². The van der Waals surface area contributed by atoms with Gasteiger partial charge in [0, 0.05) is 12.2 Å². The highest BCUT2D eigenvalue weighted by Crippen LogP contribution is 2.31. The van der Waals surface area contributed by atoms with Gasteiger partial charge in [-0.2, -0.15) is 8.78 Å². The van der Waals surface area contributed by atoms with Crippen molar-refractivity contribution >= 4 is 29.9 Å². The first-order valence-electron chi connectivity index (χ1n) is 8.21. The van der Waals surface area contributed by atoms with Crippen molar-refractivity contribution in [2.45, 2.75) is 39.3 Å². The largest absolute Gasteiger partial charge is 0.435 e. The number of rotatable bonds is 6. The third-order valence-corrected chi connectivity index (χ3v) is 4.13. The van der Waals surface area contributed by atoms with Crippen LogP contribution in [0.1, 0.15) is 25.8 Å². The molecule has 2 amide bonds. The highest BCUT2D eigenvalue weighted by molar-refractivity contribution is 5.98. The lowest BCUT2D eigenvalue weighted by molar-refractivity contribution is -0.126. The van der Waals surface area contributed by atoms with Crippen LogP contribution in [0.3, 0.4) is 0 Å². The van der Waals surface area contributed by atoms with Crippen molar-refractivity contribution in [1.82, 2.24) is 5.32 Å². The Morgan fingerprint density at radius 1 is 1.35 bits per heavy atom. The van der Waals surface area contributed by atoms with Gasteiger partial charge in [0.05, 0.1) is 12.6 Å². The summed E-state index contributed by atoms with van der Waals surface area (Å²) in [6.07, 6.45) is 1.38. The fraction of sp³-hybridized carbons (Fsp3) is 0.529. The molecule has 1 aliphatic rings. The number of anilines is 1. The molecule has 0 bridgehead atoms. The van der Waals surface area contributed by atoms with Crippen molar-refractivity contribution in [1.29, 1.82) is 0 Å². The third kappa shape index (κ3) is 5.54. The molecule has 6 nitrogen and oxygen atoms in total. The van der Waals surface area contributed by atoms with E-state index in [1.807, 2.05) is 13.8 Å². The van der Waals surface area contributed by atoms with E-state index in [2.05, 4.69) is 10.1 Å². The fourth-order valence-corrected chi connectivity index (χ4v) is 2.69. The summed E-state index contributed by atoms with van der Waals surface area (Å²) >= 11 is 0. The first-order chi connectivity index (χ1) is 11.8. The predicted molar refractivity (Wildman–Crippen MR) is 96.8 cm³/mol. The van der Waals surface area contributed by atoms with E-state index in [-0.39, 0.29) is 42.4 Å². The minimum absolute atomic E-state index is 0.